The van der Waals surface area contributed by atoms with Crippen LogP contribution in [0.3, 0.4) is 0 Å². The maximum Gasteiger partial charge on any atom is 0.311 e. The summed E-state index contributed by atoms with van der Waals surface area (Å²) in [6.07, 6.45) is 0. The molecular weight excluding hydrogens is 393 g/mol. The lowest BCUT2D eigenvalue weighted by atomic mass is 11.3. The average molecular weight is 439 g/mol. The SMILES string of the molecule is C.C.C=C[Si](C)(C)O[Si](C)(C)C[Si](C)(C)O[Si](C)(C)O[Si](C)(C)C=C. The van der Waals surface area contributed by atoms with E-state index in [1.165, 1.54) is 0 Å². The Kier molecular flexibility index (Phi) is 12.2. The van der Waals surface area contributed by atoms with Crippen LogP contribution in [0.2, 0.25) is 71.1 Å². The predicted molar refractivity (Wildman–Crippen MR) is 129 cm³/mol. The van der Waals surface area contributed by atoms with Crippen LogP contribution in [0.25, 0.3) is 0 Å². The Bertz CT molecular complexity index is 394. The van der Waals surface area contributed by atoms with E-state index in [4.69, 9.17) is 12.3 Å². The van der Waals surface area contributed by atoms with Gasteiger partial charge in [0, 0.05) is 0 Å². The van der Waals surface area contributed by atoms with E-state index in [0.717, 1.165) is 5.67 Å². The van der Waals surface area contributed by atoms with Crippen molar-refractivity contribution in [1.82, 2.24) is 0 Å². The van der Waals surface area contributed by atoms with Gasteiger partial charge in [0.05, 0.1) is 0 Å². The van der Waals surface area contributed by atoms with Crippen molar-refractivity contribution in [1.29, 1.82) is 0 Å². The molecule has 0 aliphatic carbocycles. The Morgan fingerprint density at radius 2 is 0.920 bits per heavy atom. The maximum absolute atomic E-state index is 6.63. The third-order valence-electron chi connectivity index (χ3n) is 3.40. The van der Waals surface area contributed by atoms with Crippen molar-refractivity contribution in [2.75, 3.05) is 0 Å². The number of rotatable bonds is 10. The first-order valence-corrected chi connectivity index (χ1v) is 23.3. The largest absolute Gasteiger partial charge is 0.453 e. The van der Waals surface area contributed by atoms with Crippen LogP contribution >= 0.6 is 0 Å². The molecule has 0 atom stereocenters. The van der Waals surface area contributed by atoms with E-state index in [0.29, 0.717) is 0 Å². The molecule has 3 nitrogen and oxygen atoms in total. The summed E-state index contributed by atoms with van der Waals surface area (Å²) in [4.78, 5) is 0. The van der Waals surface area contributed by atoms with E-state index in [1.54, 1.807) is 0 Å². The van der Waals surface area contributed by atoms with Gasteiger partial charge in [0.2, 0.25) is 0 Å². The van der Waals surface area contributed by atoms with Crippen LogP contribution in [0, 0.1) is 0 Å². The van der Waals surface area contributed by atoms with Gasteiger partial charge in [-0.1, -0.05) is 26.3 Å². The minimum absolute atomic E-state index is 0. The molecule has 0 saturated heterocycles. The highest BCUT2D eigenvalue weighted by atomic mass is 28.5. The van der Waals surface area contributed by atoms with Crippen molar-refractivity contribution in [3.05, 3.63) is 24.6 Å². The van der Waals surface area contributed by atoms with Gasteiger partial charge in [-0.15, -0.1) is 13.2 Å². The molecule has 0 heterocycles. The lowest BCUT2D eigenvalue weighted by molar-refractivity contribution is 0.395. The fourth-order valence-corrected chi connectivity index (χ4v) is 30.6. The van der Waals surface area contributed by atoms with Crippen LogP contribution in [0.4, 0.5) is 0 Å². The summed E-state index contributed by atoms with van der Waals surface area (Å²) in [5.74, 6) is 0. The second-order valence-corrected chi connectivity index (χ2v) is 29.9. The maximum atomic E-state index is 6.63. The van der Waals surface area contributed by atoms with Crippen molar-refractivity contribution < 1.29 is 12.3 Å². The fraction of sp³-hybridized carbons (Fsp3) is 0.765. The zero-order chi connectivity index (χ0) is 18.7. The van der Waals surface area contributed by atoms with Gasteiger partial charge in [-0.2, -0.15) is 0 Å². The van der Waals surface area contributed by atoms with Crippen LogP contribution in [-0.4, -0.2) is 41.8 Å². The van der Waals surface area contributed by atoms with E-state index in [2.05, 4.69) is 78.6 Å². The summed E-state index contributed by atoms with van der Waals surface area (Å²) in [5.41, 5.74) is 5.09. The minimum Gasteiger partial charge on any atom is -0.453 e. The molecule has 25 heavy (non-hydrogen) atoms. The van der Waals surface area contributed by atoms with Gasteiger partial charge in [0.1, 0.15) is 0 Å². The molecule has 0 aromatic carbocycles. The Morgan fingerprint density at radius 1 is 0.600 bits per heavy atom. The van der Waals surface area contributed by atoms with E-state index in [-0.39, 0.29) is 14.9 Å². The van der Waals surface area contributed by atoms with Gasteiger partial charge in [-0.05, 0) is 71.1 Å². The molecule has 0 aliphatic heterocycles. The molecule has 0 fully saturated rings. The van der Waals surface area contributed by atoms with Crippen molar-refractivity contribution in [2.45, 2.75) is 86.0 Å². The topological polar surface area (TPSA) is 27.7 Å². The van der Waals surface area contributed by atoms with Gasteiger partial charge < -0.3 is 12.3 Å². The Balaban J connectivity index is -0.00000242. The lowest BCUT2D eigenvalue weighted by Gasteiger charge is -2.41. The summed E-state index contributed by atoms with van der Waals surface area (Å²) in [5, 5.41) is 0. The van der Waals surface area contributed by atoms with E-state index in [9.17, 15) is 0 Å². The summed E-state index contributed by atoms with van der Waals surface area (Å²) < 4.78 is 19.5. The van der Waals surface area contributed by atoms with Crippen molar-refractivity contribution >= 4 is 41.8 Å². The lowest BCUT2D eigenvalue weighted by Crippen LogP contribution is -2.55. The number of hydrogen-bond acceptors (Lipinski definition) is 3. The van der Waals surface area contributed by atoms with Gasteiger partial charge >= 0.3 is 8.56 Å². The second-order valence-electron chi connectivity index (χ2n) is 9.02. The molecule has 0 rings (SSSR count). The molecule has 0 N–H and O–H groups in total. The molecular formula is C17H46O3Si5. The monoisotopic (exact) mass is 438 g/mol. The van der Waals surface area contributed by atoms with E-state index < -0.39 is 41.8 Å². The summed E-state index contributed by atoms with van der Waals surface area (Å²) in [7, 11) is -9.35. The Labute approximate surface area is 164 Å². The van der Waals surface area contributed by atoms with Crippen molar-refractivity contribution in [3.63, 3.8) is 0 Å². The highest BCUT2D eigenvalue weighted by Gasteiger charge is 2.43. The predicted octanol–water partition coefficient (Wildman–Crippen LogP) is 6.82. The normalized spacial score (nSPS) is 13.5. The number of hydrogen-bond donors (Lipinski definition) is 0. The van der Waals surface area contributed by atoms with Gasteiger partial charge in [-0.25, -0.2) is 0 Å². The van der Waals surface area contributed by atoms with Crippen LogP contribution < -0.4 is 0 Å². The Hall–Kier alpha value is 0.444. The van der Waals surface area contributed by atoms with Gasteiger partial charge in [-0.3, -0.25) is 0 Å². The summed E-state index contributed by atoms with van der Waals surface area (Å²) >= 11 is 0. The molecule has 0 aromatic heterocycles. The fourth-order valence-electron chi connectivity index (χ4n) is 3.21. The van der Waals surface area contributed by atoms with Crippen LogP contribution in [-0.2, 0) is 12.3 Å². The molecule has 0 bridgehead atoms. The van der Waals surface area contributed by atoms with E-state index in [1.807, 2.05) is 11.4 Å². The van der Waals surface area contributed by atoms with Crippen LogP contribution in [0.1, 0.15) is 14.9 Å². The third-order valence-corrected chi connectivity index (χ3v) is 24.7. The molecule has 152 valence electrons. The zero-order valence-corrected chi connectivity index (χ0v) is 22.0. The molecule has 0 aliphatic rings. The first-order chi connectivity index (χ1) is 9.95. The summed E-state index contributed by atoms with van der Waals surface area (Å²) in [6.45, 7) is 30.2. The first-order valence-electron chi connectivity index (χ1n) is 8.33. The van der Waals surface area contributed by atoms with Crippen LogP contribution in [0.15, 0.2) is 24.6 Å². The molecule has 0 unspecified atom stereocenters. The van der Waals surface area contributed by atoms with E-state index >= 15 is 0 Å². The van der Waals surface area contributed by atoms with Gasteiger partial charge in [0.25, 0.3) is 0 Å². The van der Waals surface area contributed by atoms with Crippen LogP contribution in [0.5, 0.6) is 0 Å². The summed E-state index contributed by atoms with van der Waals surface area (Å²) in [6, 6.07) is 0. The van der Waals surface area contributed by atoms with Gasteiger partial charge in [0.15, 0.2) is 33.3 Å². The third kappa shape index (κ3) is 13.3. The Morgan fingerprint density at radius 3 is 1.28 bits per heavy atom. The highest BCUT2D eigenvalue weighted by molar-refractivity contribution is 6.97. The minimum atomic E-state index is -2.15. The molecule has 0 spiro atoms. The average Bonchev–Trinajstić information content (AvgIpc) is 2.22. The molecule has 0 amide bonds. The first kappa shape index (κ1) is 30.2. The molecule has 0 saturated carbocycles. The molecule has 8 heteroatoms. The smallest absolute Gasteiger partial charge is 0.311 e. The highest BCUT2D eigenvalue weighted by Crippen LogP contribution is 2.29. The molecule has 0 radical (unpaired) electrons. The molecule has 0 aromatic rings. The van der Waals surface area contributed by atoms with Crippen molar-refractivity contribution in [3.8, 4) is 0 Å². The second kappa shape index (κ2) is 10.1. The standard InChI is InChI=1S/C15H38O3Si5.2CH4/c1-13-19(3,4)16-21(7,8)15-22(9,10)18-23(11,12)17-20(5,6)14-2;;/h13-14H,1-2,15H2,3-12H3;2*1H4. The van der Waals surface area contributed by atoms with Crippen molar-refractivity contribution in [2.24, 2.45) is 0 Å². The quantitative estimate of drug-likeness (QED) is 0.350. The zero-order valence-electron chi connectivity index (χ0n) is 17.0.